The van der Waals surface area contributed by atoms with Crippen LogP contribution in [0.15, 0.2) is 11.3 Å². The van der Waals surface area contributed by atoms with Crippen LogP contribution in [0.3, 0.4) is 0 Å². The largest absolute Gasteiger partial charge is 0.498 e. The summed E-state index contributed by atoms with van der Waals surface area (Å²) >= 11 is 0. The van der Waals surface area contributed by atoms with Crippen molar-refractivity contribution in [1.29, 1.82) is 0 Å². The molecule has 0 saturated carbocycles. The molecule has 1 aliphatic carbocycles. The molecular formula is C16H28O. The van der Waals surface area contributed by atoms with Gasteiger partial charge >= 0.3 is 0 Å². The maximum Gasteiger partial charge on any atom is 0.0954 e. The first kappa shape index (κ1) is 13.0. The lowest BCUT2D eigenvalue weighted by molar-refractivity contribution is 0.155. The predicted octanol–water partition coefficient (Wildman–Crippen LogP) is 5.21. The van der Waals surface area contributed by atoms with Gasteiger partial charge in [0, 0.05) is 6.42 Å². The van der Waals surface area contributed by atoms with E-state index < -0.39 is 0 Å². The van der Waals surface area contributed by atoms with Crippen LogP contribution in [0.5, 0.6) is 0 Å². The first-order valence-electron chi connectivity index (χ1n) is 7.72. The minimum Gasteiger partial charge on any atom is -0.498 e. The topological polar surface area (TPSA) is 9.23 Å². The van der Waals surface area contributed by atoms with Crippen molar-refractivity contribution in [2.75, 3.05) is 6.61 Å². The second-order valence-electron chi connectivity index (χ2n) is 5.82. The highest BCUT2D eigenvalue weighted by atomic mass is 16.5. The van der Waals surface area contributed by atoms with Gasteiger partial charge in [-0.1, -0.05) is 45.4 Å². The Morgan fingerprint density at radius 2 is 1.41 bits per heavy atom. The van der Waals surface area contributed by atoms with Gasteiger partial charge in [-0.15, -0.1) is 0 Å². The lowest BCUT2D eigenvalue weighted by Crippen LogP contribution is -2.15. The molecule has 0 fully saturated rings. The number of hydrogen-bond donors (Lipinski definition) is 0. The summed E-state index contributed by atoms with van der Waals surface area (Å²) < 4.78 is 5.94. The Bertz CT molecular complexity index is 254. The Hall–Kier alpha value is -0.460. The van der Waals surface area contributed by atoms with Crippen LogP contribution in [-0.4, -0.2) is 6.61 Å². The Balaban J connectivity index is 1.98. The third kappa shape index (κ3) is 4.04. The van der Waals surface area contributed by atoms with E-state index in [1.807, 2.05) is 0 Å². The predicted molar refractivity (Wildman–Crippen MR) is 72.9 cm³/mol. The second-order valence-corrected chi connectivity index (χ2v) is 5.82. The van der Waals surface area contributed by atoms with Crippen molar-refractivity contribution < 1.29 is 4.74 Å². The number of rotatable bonds is 0. The van der Waals surface area contributed by atoms with E-state index in [9.17, 15) is 0 Å². The van der Waals surface area contributed by atoms with E-state index in [2.05, 4.69) is 6.92 Å². The lowest BCUT2D eigenvalue weighted by atomic mass is 9.88. The molecule has 0 N–H and O–H groups in total. The molecule has 0 saturated heterocycles. The number of ether oxygens (including phenoxy) is 1. The van der Waals surface area contributed by atoms with E-state index in [0.29, 0.717) is 0 Å². The van der Waals surface area contributed by atoms with E-state index in [1.165, 1.54) is 76.4 Å². The van der Waals surface area contributed by atoms with Crippen LogP contribution in [-0.2, 0) is 4.74 Å². The van der Waals surface area contributed by atoms with Crippen molar-refractivity contribution in [2.45, 2.75) is 77.6 Å². The van der Waals surface area contributed by atoms with Gasteiger partial charge in [0.15, 0.2) is 0 Å². The molecule has 98 valence electrons. The Kier molecular flexibility index (Phi) is 5.41. The summed E-state index contributed by atoms with van der Waals surface area (Å²) in [6.07, 6.45) is 15.1. The summed E-state index contributed by atoms with van der Waals surface area (Å²) in [5, 5.41) is 0. The minimum atomic E-state index is 0.779. The highest BCUT2D eigenvalue weighted by molar-refractivity contribution is 5.14. The highest BCUT2D eigenvalue weighted by Crippen LogP contribution is 2.32. The van der Waals surface area contributed by atoms with Gasteiger partial charge in [-0.3, -0.25) is 0 Å². The summed E-state index contributed by atoms with van der Waals surface area (Å²) in [5.41, 5.74) is 1.66. The van der Waals surface area contributed by atoms with Crippen LogP contribution < -0.4 is 0 Å². The van der Waals surface area contributed by atoms with Crippen LogP contribution in [0.4, 0.5) is 0 Å². The number of allylic oxidation sites excluding steroid dienone is 2. The van der Waals surface area contributed by atoms with Crippen molar-refractivity contribution >= 4 is 0 Å². The third-order valence-corrected chi connectivity index (χ3v) is 4.38. The molecule has 1 nitrogen and oxygen atoms in total. The maximum atomic E-state index is 5.94. The SMILES string of the molecule is CC1CCOC2=C1CCCCCCCCCC2. The fourth-order valence-electron chi connectivity index (χ4n) is 3.18. The van der Waals surface area contributed by atoms with Gasteiger partial charge in [-0.2, -0.15) is 0 Å². The van der Waals surface area contributed by atoms with Gasteiger partial charge in [0.1, 0.15) is 0 Å². The Labute approximate surface area is 107 Å². The summed E-state index contributed by atoms with van der Waals surface area (Å²) in [6, 6.07) is 0. The molecule has 2 rings (SSSR count). The molecule has 0 bridgehead atoms. The normalized spacial score (nSPS) is 28.6. The molecule has 0 aromatic carbocycles. The fraction of sp³-hybridized carbons (Fsp3) is 0.875. The minimum absolute atomic E-state index is 0.779. The molecule has 17 heavy (non-hydrogen) atoms. The fourth-order valence-corrected chi connectivity index (χ4v) is 3.18. The zero-order valence-electron chi connectivity index (χ0n) is 11.5. The number of hydrogen-bond acceptors (Lipinski definition) is 1. The molecule has 1 heterocycles. The van der Waals surface area contributed by atoms with E-state index >= 15 is 0 Å². The van der Waals surface area contributed by atoms with Crippen molar-refractivity contribution in [3.8, 4) is 0 Å². The van der Waals surface area contributed by atoms with Gasteiger partial charge in [-0.05, 0) is 37.2 Å². The zero-order valence-corrected chi connectivity index (χ0v) is 11.5. The van der Waals surface area contributed by atoms with Gasteiger partial charge in [0.25, 0.3) is 0 Å². The molecule has 1 unspecified atom stereocenters. The summed E-state index contributed by atoms with van der Waals surface area (Å²) in [4.78, 5) is 0. The second kappa shape index (κ2) is 7.08. The van der Waals surface area contributed by atoms with Crippen LogP contribution in [0.2, 0.25) is 0 Å². The van der Waals surface area contributed by atoms with E-state index in [1.54, 1.807) is 5.57 Å². The molecule has 0 aromatic heterocycles. The van der Waals surface area contributed by atoms with Crippen LogP contribution >= 0.6 is 0 Å². The van der Waals surface area contributed by atoms with Gasteiger partial charge in [0.2, 0.25) is 0 Å². The van der Waals surface area contributed by atoms with Gasteiger partial charge in [0.05, 0.1) is 12.4 Å². The zero-order chi connectivity index (χ0) is 11.9. The van der Waals surface area contributed by atoms with Gasteiger partial charge in [-0.25, -0.2) is 0 Å². The highest BCUT2D eigenvalue weighted by Gasteiger charge is 2.20. The summed E-state index contributed by atoms with van der Waals surface area (Å²) in [6.45, 7) is 3.35. The quantitative estimate of drug-likeness (QED) is 0.561. The first-order valence-corrected chi connectivity index (χ1v) is 7.72. The monoisotopic (exact) mass is 236 g/mol. The average molecular weight is 236 g/mol. The molecular weight excluding hydrogens is 208 g/mol. The van der Waals surface area contributed by atoms with Crippen LogP contribution in [0.1, 0.15) is 77.6 Å². The standard InChI is InChI=1S/C16H28O/c1-14-12-13-17-16-11-9-7-5-3-2-4-6-8-10-15(14)16/h14H,2-13H2,1H3. The van der Waals surface area contributed by atoms with E-state index in [-0.39, 0.29) is 0 Å². The van der Waals surface area contributed by atoms with Crippen LogP contribution in [0.25, 0.3) is 0 Å². The summed E-state index contributed by atoms with van der Waals surface area (Å²) in [7, 11) is 0. The van der Waals surface area contributed by atoms with Crippen molar-refractivity contribution in [1.82, 2.24) is 0 Å². The van der Waals surface area contributed by atoms with Crippen LogP contribution in [0, 0.1) is 5.92 Å². The van der Waals surface area contributed by atoms with E-state index in [0.717, 1.165) is 12.5 Å². The average Bonchev–Trinajstić information content (AvgIpc) is 2.31. The molecule has 0 amide bonds. The molecule has 0 radical (unpaired) electrons. The Morgan fingerprint density at radius 3 is 2.12 bits per heavy atom. The molecule has 1 heteroatoms. The third-order valence-electron chi connectivity index (χ3n) is 4.38. The lowest BCUT2D eigenvalue weighted by Gasteiger charge is -2.27. The van der Waals surface area contributed by atoms with Gasteiger partial charge < -0.3 is 4.74 Å². The van der Waals surface area contributed by atoms with E-state index in [4.69, 9.17) is 4.74 Å². The summed E-state index contributed by atoms with van der Waals surface area (Å²) in [5.74, 6) is 2.16. The molecule has 2 aliphatic rings. The molecule has 1 aliphatic heterocycles. The molecule has 1 atom stereocenters. The molecule has 0 spiro atoms. The van der Waals surface area contributed by atoms with Crippen molar-refractivity contribution in [3.63, 3.8) is 0 Å². The smallest absolute Gasteiger partial charge is 0.0954 e. The maximum absolute atomic E-state index is 5.94. The van der Waals surface area contributed by atoms with Crippen molar-refractivity contribution in [3.05, 3.63) is 11.3 Å². The molecule has 0 aromatic rings. The van der Waals surface area contributed by atoms with Crippen molar-refractivity contribution in [2.24, 2.45) is 5.92 Å². The Morgan fingerprint density at radius 1 is 0.824 bits per heavy atom. The first-order chi connectivity index (χ1) is 8.38.